The van der Waals surface area contributed by atoms with Crippen LogP contribution in [0.4, 0.5) is 0 Å². The number of aromatic nitrogens is 2. The van der Waals surface area contributed by atoms with Gasteiger partial charge in [-0.3, -0.25) is 4.79 Å². The number of carbonyl (C=O) groups is 1. The fourth-order valence-electron chi connectivity index (χ4n) is 2.98. The first-order chi connectivity index (χ1) is 10.1. The number of piperidine rings is 1. The maximum Gasteiger partial charge on any atom is 0.253 e. The number of benzene rings is 1. The lowest BCUT2D eigenvalue weighted by Gasteiger charge is -2.30. The summed E-state index contributed by atoms with van der Waals surface area (Å²) in [6, 6.07) is 6.00. The van der Waals surface area contributed by atoms with Crippen LogP contribution in [0.5, 0.6) is 0 Å². The van der Waals surface area contributed by atoms with Crippen molar-refractivity contribution in [3.8, 4) is 0 Å². The highest BCUT2D eigenvalue weighted by atomic mass is 16.5. The van der Waals surface area contributed by atoms with Gasteiger partial charge in [0.15, 0.2) is 5.82 Å². The third-order valence-corrected chi connectivity index (χ3v) is 3.99. The first-order valence-electron chi connectivity index (χ1n) is 7.27. The number of rotatable bonds is 2. The fourth-order valence-corrected chi connectivity index (χ4v) is 2.98. The lowest BCUT2D eigenvalue weighted by molar-refractivity contribution is 0.0710. The highest BCUT2D eigenvalue weighted by Crippen LogP contribution is 2.26. The zero-order chi connectivity index (χ0) is 14.8. The molecule has 2 aromatic rings. The smallest absolute Gasteiger partial charge is 0.253 e. The van der Waals surface area contributed by atoms with Crippen LogP contribution < -0.4 is 0 Å². The van der Waals surface area contributed by atoms with Gasteiger partial charge in [-0.25, -0.2) is 0 Å². The Bertz CT molecular complexity index is 609. The second kappa shape index (κ2) is 5.68. The molecule has 1 amide bonds. The van der Waals surface area contributed by atoms with Crippen LogP contribution in [0.3, 0.4) is 0 Å². The molecule has 0 aliphatic carbocycles. The van der Waals surface area contributed by atoms with E-state index in [0.29, 0.717) is 5.92 Å². The predicted molar refractivity (Wildman–Crippen MR) is 78.1 cm³/mol. The molecule has 2 heterocycles. The van der Waals surface area contributed by atoms with Gasteiger partial charge in [-0.15, -0.1) is 0 Å². The number of aryl methyl sites for hydroxylation is 2. The number of likely N-dealkylation sites (tertiary alicyclic amines) is 1. The number of nitrogens with zero attached hydrogens (tertiary/aromatic N) is 3. The van der Waals surface area contributed by atoms with Crippen molar-refractivity contribution in [3.63, 3.8) is 0 Å². The Kier molecular flexibility index (Phi) is 3.73. The minimum Gasteiger partial charge on any atom is -0.343 e. The number of hydrogen-bond acceptors (Lipinski definition) is 4. The van der Waals surface area contributed by atoms with Gasteiger partial charge in [0.05, 0.1) is 0 Å². The third kappa shape index (κ3) is 2.96. The average molecular weight is 285 g/mol. The molecule has 0 saturated carbocycles. The molecule has 0 atom stereocenters. The zero-order valence-corrected chi connectivity index (χ0v) is 12.4. The molecule has 0 bridgehead atoms. The molecule has 0 unspecified atom stereocenters. The first-order valence-corrected chi connectivity index (χ1v) is 7.27. The Morgan fingerprint density at radius 1 is 1.19 bits per heavy atom. The van der Waals surface area contributed by atoms with Gasteiger partial charge in [-0.05, 0) is 38.8 Å². The molecular formula is C16H19N3O2. The van der Waals surface area contributed by atoms with Crippen LogP contribution in [0.2, 0.25) is 0 Å². The molecule has 0 radical (unpaired) electrons. The molecule has 1 aliphatic heterocycles. The van der Waals surface area contributed by atoms with E-state index >= 15 is 0 Å². The highest BCUT2D eigenvalue weighted by molar-refractivity contribution is 5.94. The summed E-state index contributed by atoms with van der Waals surface area (Å²) in [5, 5.41) is 3.90. The van der Waals surface area contributed by atoms with Crippen LogP contribution in [0.25, 0.3) is 0 Å². The second-order valence-electron chi connectivity index (χ2n) is 5.73. The zero-order valence-electron chi connectivity index (χ0n) is 12.4. The van der Waals surface area contributed by atoms with Gasteiger partial charge in [0.2, 0.25) is 6.39 Å². The molecule has 1 fully saturated rings. The summed E-state index contributed by atoms with van der Waals surface area (Å²) in [7, 11) is 0. The molecule has 0 spiro atoms. The van der Waals surface area contributed by atoms with Crippen molar-refractivity contribution < 1.29 is 9.32 Å². The molecular weight excluding hydrogens is 266 g/mol. The van der Waals surface area contributed by atoms with E-state index in [1.165, 1.54) is 6.39 Å². The lowest BCUT2D eigenvalue weighted by Crippen LogP contribution is -2.38. The van der Waals surface area contributed by atoms with E-state index in [2.05, 4.69) is 16.2 Å². The maximum atomic E-state index is 12.6. The van der Waals surface area contributed by atoms with E-state index in [4.69, 9.17) is 4.52 Å². The van der Waals surface area contributed by atoms with Crippen molar-refractivity contribution in [2.45, 2.75) is 32.6 Å². The molecule has 1 saturated heterocycles. The Morgan fingerprint density at radius 2 is 1.86 bits per heavy atom. The summed E-state index contributed by atoms with van der Waals surface area (Å²) >= 11 is 0. The standard InChI is InChI=1S/C16H19N3O2/c1-11-7-12(2)9-14(8-11)16(20)19-5-3-13(4-6-19)15-17-10-21-18-15/h7-10,13H,3-6H2,1-2H3. The van der Waals surface area contributed by atoms with Crippen LogP contribution in [0.1, 0.15) is 46.1 Å². The Labute approximate surface area is 124 Å². The van der Waals surface area contributed by atoms with Gasteiger partial charge in [-0.1, -0.05) is 22.3 Å². The summed E-state index contributed by atoms with van der Waals surface area (Å²) < 4.78 is 4.80. The molecule has 5 heteroatoms. The Balaban J connectivity index is 1.67. The molecule has 21 heavy (non-hydrogen) atoms. The van der Waals surface area contributed by atoms with Crippen LogP contribution >= 0.6 is 0 Å². The van der Waals surface area contributed by atoms with Crippen molar-refractivity contribution in [1.29, 1.82) is 0 Å². The summed E-state index contributed by atoms with van der Waals surface area (Å²) in [4.78, 5) is 18.6. The van der Waals surface area contributed by atoms with Crippen molar-refractivity contribution in [1.82, 2.24) is 15.0 Å². The van der Waals surface area contributed by atoms with Crippen LogP contribution in [-0.2, 0) is 0 Å². The minimum absolute atomic E-state index is 0.119. The second-order valence-corrected chi connectivity index (χ2v) is 5.73. The van der Waals surface area contributed by atoms with Crippen molar-refractivity contribution in [3.05, 3.63) is 47.1 Å². The lowest BCUT2D eigenvalue weighted by atomic mass is 9.95. The molecule has 110 valence electrons. The highest BCUT2D eigenvalue weighted by Gasteiger charge is 2.26. The van der Waals surface area contributed by atoms with E-state index in [9.17, 15) is 4.79 Å². The molecule has 1 aromatic carbocycles. The summed E-state index contributed by atoms with van der Waals surface area (Å²) in [6.45, 7) is 5.52. The maximum absolute atomic E-state index is 12.6. The fraction of sp³-hybridized carbons (Fsp3) is 0.438. The molecule has 1 aromatic heterocycles. The van der Waals surface area contributed by atoms with Gasteiger partial charge >= 0.3 is 0 Å². The van der Waals surface area contributed by atoms with Crippen molar-refractivity contribution >= 4 is 5.91 Å². The predicted octanol–water partition coefficient (Wildman–Crippen LogP) is 2.71. The number of hydrogen-bond donors (Lipinski definition) is 0. The summed E-state index contributed by atoms with van der Waals surface area (Å²) in [5.74, 6) is 1.17. The molecule has 0 N–H and O–H groups in total. The van der Waals surface area contributed by atoms with Gasteiger partial charge in [-0.2, -0.15) is 4.98 Å². The van der Waals surface area contributed by atoms with Gasteiger partial charge < -0.3 is 9.42 Å². The molecule has 5 nitrogen and oxygen atoms in total. The quantitative estimate of drug-likeness (QED) is 0.851. The van der Waals surface area contributed by atoms with E-state index < -0.39 is 0 Å². The van der Waals surface area contributed by atoms with E-state index in [0.717, 1.165) is 48.4 Å². The SMILES string of the molecule is Cc1cc(C)cc(C(=O)N2CCC(c3ncon3)CC2)c1. The van der Waals surface area contributed by atoms with Crippen LogP contribution in [0.15, 0.2) is 29.1 Å². The van der Waals surface area contributed by atoms with Gasteiger partial charge in [0, 0.05) is 24.6 Å². The monoisotopic (exact) mass is 285 g/mol. The Hall–Kier alpha value is -2.17. The van der Waals surface area contributed by atoms with Crippen LogP contribution in [0, 0.1) is 13.8 Å². The minimum atomic E-state index is 0.119. The van der Waals surface area contributed by atoms with E-state index in [1.807, 2.05) is 30.9 Å². The normalized spacial score (nSPS) is 16.2. The topological polar surface area (TPSA) is 59.2 Å². The third-order valence-electron chi connectivity index (χ3n) is 3.99. The molecule has 1 aliphatic rings. The summed E-state index contributed by atoms with van der Waals surface area (Å²) in [6.07, 6.45) is 3.13. The van der Waals surface area contributed by atoms with E-state index in [1.54, 1.807) is 0 Å². The average Bonchev–Trinajstić information content (AvgIpc) is 3.00. The van der Waals surface area contributed by atoms with Gasteiger partial charge in [0.25, 0.3) is 5.91 Å². The van der Waals surface area contributed by atoms with Crippen molar-refractivity contribution in [2.75, 3.05) is 13.1 Å². The molecule has 3 rings (SSSR count). The largest absolute Gasteiger partial charge is 0.343 e. The Morgan fingerprint density at radius 3 is 2.43 bits per heavy atom. The summed E-state index contributed by atoms with van der Waals surface area (Å²) in [5.41, 5.74) is 3.03. The van der Waals surface area contributed by atoms with Crippen molar-refractivity contribution in [2.24, 2.45) is 0 Å². The van der Waals surface area contributed by atoms with E-state index in [-0.39, 0.29) is 5.91 Å². The van der Waals surface area contributed by atoms with Crippen LogP contribution in [-0.4, -0.2) is 34.0 Å². The first kappa shape index (κ1) is 13.8. The number of amides is 1. The van der Waals surface area contributed by atoms with Gasteiger partial charge in [0.1, 0.15) is 0 Å². The number of carbonyl (C=O) groups excluding carboxylic acids is 1.